The first kappa shape index (κ1) is 16.8. The van der Waals surface area contributed by atoms with Gasteiger partial charge in [0.15, 0.2) is 0 Å². The van der Waals surface area contributed by atoms with Gasteiger partial charge in [-0.2, -0.15) is 0 Å². The summed E-state index contributed by atoms with van der Waals surface area (Å²) in [6.45, 7) is 3.31. The van der Waals surface area contributed by atoms with Crippen molar-refractivity contribution in [1.29, 1.82) is 0 Å². The van der Waals surface area contributed by atoms with Crippen LogP contribution in [0.25, 0.3) is 0 Å². The fraction of sp³-hybridized carbons (Fsp3) is 0.263. The SMILES string of the molecule is COc1ccc(C(C)NC(=O)C2(C)Oc3ccccc3NC2=O)cc1. The van der Waals surface area contributed by atoms with Crippen LogP contribution in [0.15, 0.2) is 48.5 Å². The van der Waals surface area contributed by atoms with Crippen LogP contribution < -0.4 is 20.1 Å². The van der Waals surface area contributed by atoms with E-state index in [1.165, 1.54) is 6.92 Å². The van der Waals surface area contributed by atoms with Gasteiger partial charge in [0, 0.05) is 0 Å². The standard InChI is InChI=1S/C19H20N2O4/c1-12(13-8-10-14(24-3)11-9-13)20-17(22)19(2)18(23)21-15-6-4-5-7-16(15)25-19/h4-12H,1-3H3,(H,20,22)(H,21,23). The van der Waals surface area contributed by atoms with Crippen LogP contribution in [0.5, 0.6) is 11.5 Å². The molecular formula is C19H20N2O4. The average Bonchev–Trinajstić information content (AvgIpc) is 2.62. The molecule has 1 aliphatic rings. The topological polar surface area (TPSA) is 76.7 Å². The Bertz CT molecular complexity index is 803. The molecule has 2 atom stereocenters. The highest BCUT2D eigenvalue weighted by atomic mass is 16.5. The Morgan fingerprint density at radius 1 is 1.20 bits per heavy atom. The number of carbonyl (C=O) groups excluding carboxylic acids is 2. The zero-order chi connectivity index (χ0) is 18.0. The number of anilines is 1. The van der Waals surface area contributed by atoms with Gasteiger partial charge in [-0.1, -0.05) is 24.3 Å². The maximum atomic E-state index is 12.7. The number of nitrogens with one attached hydrogen (secondary N) is 2. The minimum atomic E-state index is -1.63. The predicted octanol–water partition coefficient (Wildman–Crippen LogP) is 2.66. The maximum Gasteiger partial charge on any atom is 0.278 e. The molecular weight excluding hydrogens is 320 g/mol. The van der Waals surface area contributed by atoms with Crippen molar-refractivity contribution in [3.63, 3.8) is 0 Å². The van der Waals surface area contributed by atoms with E-state index < -0.39 is 17.4 Å². The largest absolute Gasteiger partial charge is 0.497 e. The van der Waals surface area contributed by atoms with E-state index in [1.807, 2.05) is 31.2 Å². The zero-order valence-electron chi connectivity index (χ0n) is 14.3. The minimum Gasteiger partial charge on any atom is -0.497 e. The molecule has 1 heterocycles. The van der Waals surface area contributed by atoms with E-state index in [0.717, 1.165) is 11.3 Å². The third-order valence-electron chi connectivity index (χ3n) is 4.28. The number of amides is 2. The first-order valence-electron chi connectivity index (χ1n) is 7.98. The van der Waals surface area contributed by atoms with Crippen molar-refractivity contribution < 1.29 is 19.1 Å². The van der Waals surface area contributed by atoms with Crippen LogP contribution in [0.1, 0.15) is 25.5 Å². The van der Waals surface area contributed by atoms with Crippen LogP contribution in [0.3, 0.4) is 0 Å². The number of fused-ring (bicyclic) bond motifs is 1. The maximum absolute atomic E-state index is 12.7. The Labute approximate surface area is 146 Å². The Kier molecular flexibility index (Phi) is 4.35. The van der Waals surface area contributed by atoms with Gasteiger partial charge in [0.05, 0.1) is 18.8 Å². The van der Waals surface area contributed by atoms with Gasteiger partial charge in [-0.3, -0.25) is 9.59 Å². The van der Waals surface area contributed by atoms with E-state index in [2.05, 4.69) is 10.6 Å². The van der Waals surface area contributed by atoms with Crippen LogP contribution in [0.2, 0.25) is 0 Å². The summed E-state index contributed by atoms with van der Waals surface area (Å²) < 4.78 is 10.9. The highest BCUT2D eigenvalue weighted by Crippen LogP contribution is 2.33. The number of carbonyl (C=O) groups is 2. The van der Waals surface area contributed by atoms with Crippen molar-refractivity contribution >= 4 is 17.5 Å². The fourth-order valence-electron chi connectivity index (χ4n) is 2.63. The second-order valence-electron chi connectivity index (χ2n) is 6.05. The first-order valence-corrected chi connectivity index (χ1v) is 7.98. The van der Waals surface area contributed by atoms with Crippen molar-refractivity contribution in [3.05, 3.63) is 54.1 Å². The lowest BCUT2D eigenvalue weighted by Crippen LogP contribution is -2.59. The molecule has 2 N–H and O–H groups in total. The Hall–Kier alpha value is -3.02. The van der Waals surface area contributed by atoms with Crippen LogP contribution in [0.4, 0.5) is 5.69 Å². The molecule has 130 valence electrons. The smallest absolute Gasteiger partial charge is 0.278 e. The lowest BCUT2D eigenvalue weighted by atomic mass is 10.00. The van der Waals surface area contributed by atoms with Crippen molar-refractivity contribution in [2.24, 2.45) is 0 Å². The van der Waals surface area contributed by atoms with Gasteiger partial charge < -0.3 is 20.1 Å². The van der Waals surface area contributed by atoms with Gasteiger partial charge in [0.25, 0.3) is 17.4 Å². The number of hydrogen-bond donors (Lipinski definition) is 2. The molecule has 0 fully saturated rings. The van der Waals surface area contributed by atoms with Crippen LogP contribution >= 0.6 is 0 Å². The molecule has 2 aromatic carbocycles. The number of methoxy groups -OCH3 is 1. The van der Waals surface area contributed by atoms with Crippen LogP contribution in [-0.2, 0) is 9.59 Å². The van der Waals surface area contributed by atoms with E-state index in [0.29, 0.717) is 11.4 Å². The van der Waals surface area contributed by atoms with Gasteiger partial charge in [-0.25, -0.2) is 0 Å². The highest BCUT2D eigenvalue weighted by molar-refractivity contribution is 6.15. The molecule has 6 heteroatoms. The van der Waals surface area contributed by atoms with E-state index in [9.17, 15) is 9.59 Å². The molecule has 2 unspecified atom stereocenters. The van der Waals surface area contributed by atoms with Crippen LogP contribution in [0, 0.1) is 0 Å². The van der Waals surface area contributed by atoms with Crippen molar-refractivity contribution in [2.75, 3.05) is 12.4 Å². The van der Waals surface area contributed by atoms with E-state index in [-0.39, 0.29) is 6.04 Å². The summed E-state index contributed by atoms with van der Waals surface area (Å²) in [5.74, 6) is 0.214. The summed E-state index contributed by atoms with van der Waals surface area (Å²) in [6, 6.07) is 14.1. The molecule has 0 saturated heterocycles. The van der Waals surface area contributed by atoms with E-state index in [4.69, 9.17) is 9.47 Å². The van der Waals surface area contributed by atoms with Gasteiger partial charge in [-0.05, 0) is 43.7 Å². The Morgan fingerprint density at radius 3 is 2.56 bits per heavy atom. The van der Waals surface area contributed by atoms with Gasteiger partial charge in [0.2, 0.25) is 0 Å². The molecule has 3 rings (SSSR count). The molecule has 2 aromatic rings. The molecule has 0 aromatic heterocycles. The first-order chi connectivity index (χ1) is 11.9. The zero-order valence-corrected chi connectivity index (χ0v) is 14.3. The fourth-order valence-corrected chi connectivity index (χ4v) is 2.63. The minimum absolute atomic E-state index is 0.288. The molecule has 0 saturated carbocycles. The van der Waals surface area contributed by atoms with Gasteiger partial charge in [-0.15, -0.1) is 0 Å². The lowest BCUT2D eigenvalue weighted by molar-refractivity contribution is -0.147. The lowest BCUT2D eigenvalue weighted by Gasteiger charge is -2.34. The van der Waals surface area contributed by atoms with Crippen LogP contribution in [-0.4, -0.2) is 24.5 Å². The summed E-state index contributed by atoms with van der Waals surface area (Å²) in [5, 5.41) is 5.56. The quantitative estimate of drug-likeness (QED) is 0.839. The molecule has 0 radical (unpaired) electrons. The number of rotatable bonds is 4. The van der Waals surface area contributed by atoms with Gasteiger partial charge in [0.1, 0.15) is 11.5 Å². The predicted molar refractivity (Wildman–Crippen MR) is 93.7 cm³/mol. The van der Waals surface area contributed by atoms with E-state index >= 15 is 0 Å². The Balaban J connectivity index is 1.76. The molecule has 6 nitrogen and oxygen atoms in total. The third-order valence-corrected chi connectivity index (χ3v) is 4.28. The number of benzene rings is 2. The molecule has 1 aliphatic heterocycles. The van der Waals surface area contributed by atoms with E-state index in [1.54, 1.807) is 31.4 Å². The molecule has 0 spiro atoms. The normalized spacial score (nSPS) is 19.9. The number of hydrogen-bond acceptors (Lipinski definition) is 4. The second-order valence-corrected chi connectivity index (χ2v) is 6.05. The second kappa shape index (κ2) is 6.47. The summed E-state index contributed by atoms with van der Waals surface area (Å²) >= 11 is 0. The van der Waals surface area contributed by atoms with Crippen molar-refractivity contribution in [3.8, 4) is 11.5 Å². The van der Waals surface area contributed by atoms with Crippen molar-refractivity contribution in [1.82, 2.24) is 5.32 Å². The average molecular weight is 340 g/mol. The number of ether oxygens (including phenoxy) is 2. The molecule has 25 heavy (non-hydrogen) atoms. The summed E-state index contributed by atoms with van der Waals surface area (Å²) in [4.78, 5) is 25.1. The molecule has 2 amide bonds. The molecule has 0 aliphatic carbocycles. The summed E-state index contributed by atoms with van der Waals surface area (Å²) in [7, 11) is 1.60. The molecule has 0 bridgehead atoms. The summed E-state index contributed by atoms with van der Waals surface area (Å²) in [6.07, 6.45) is 0. The van der Waals surface area contributed by atoms with Crippen molar-refractivity contribution in [2.45, 2.75) is 25.5 Å². The summed E-state index contributed by atoms with van der Waals surface area (Å²) in [5.41, 5.74) is -0.176. The van der Waals surface area contributed by atoms with Gasteiger partial charge >= 0.3 is 0 Å². The Morgan fingerprint density at radius 2 is 1.88 bits per heavy atom. The monoisotopic (exact) mass is 340 g/mol. The number of para-hydroxylation sites is 2. The highest BCUT2D eigenvalue weighted by Gasteiger charge is 2.47. The third kappa shape index (κ3) is 3.15.